The number of halogens is 2. The van der Waals surface area contributed by atoms with Crippen molar-refractivity contribution in [3.8, 4) is 11.5 Å². The van der Waals surface area contributed by atoms with Crippen LogP contribution in [0, 0.1) is 0 Å². The molecule has 0 saturated heterocycles. The molecule has 1 amide bonds. The molecule has 1 aromatic heterocycles. The number of carbonyl (C=O) groups is 1. The Balaban J connectivity index is 1.64. The molecule has 4 rings (SSSR count). The fourth-order valence-electron chi connectivity index (χ4n) is 3.79. The first kappa shape index (κ1) is 28.5. The molecule has 202 valence electrons. The molecule has 0 radical (unpaired) electrons. The van der Waals surface area contributed by atoms with Crippen molar-refractivity contribution in [2.75, 3.05) is 18.5 Å². The summed E-state index contributed by atoms with van der Waals surface area (Å²) in [6.07, 6.45) is 2.38. The second-order valence-electron chi connectivity index (χ2n) is 8.76. The topological polar surface area (TPSA) is 94.8 Å². The van der Waals surface area contributed by atoms with Crippen LogP contribution in [-0.2, 0) is 4.79 Å². The molecule has 0 bridgehead atoms. The number of hydrogen-bond donors (Lipinski definition) is 1. The largest absolute Gasteiger partial charge is 0.490 e. The Bertz CT molecular complexity index is 1570. The molecule has 1 N–H and O–H groups in total. The van der Waals surface area contributed by atoms with Crippen molar-refractivity contribution < 1.29 is 14.3 Å². The number of amides is 1. The molecule has 1 heterocycles. The Morgan fingerprint density at radius 3 is 2.54 bits per heavy atom. The second-order valence-corrected chi connectivity index (χ2v) is 10.5. The quantitative estimate of drug-likeness (QED) is 0.191. The minimum absolute atomic E-state index is 0.0168. The van der Waals surface area contributed by atoms with E-state index in [1.165, 1.54) is 4.68 Å². The van der Waals surface area contributed by atoms with Crippen molar-refractivity contribution in [1.29, 1.82) is 0 Å². The van der Waals surface area contributed by atoms with Crippen LogP contribution in [0.1, 0.15) is 44.5 Å². The maximum absolute atomic E-state index is 13.4. The van der Waals surface area contributed by atoms with Crippen molar-refractivity contribution in [3.63, 3.8) is 0 Å². The number of nitrogens with zero attached hydrogens (tertiary/aromatic N) is 3. The van der Waals surface area contributed by atoms with Gasteiger partial charge in [-0.15, -0.1) is 0 Å². The Labute approximate surface area is 243 Å². The fourth-order valence-corrected chi connectivity index (χ4v) is 4.58. The van der Waals surface area contributed by atoms with Crippen LogP contribution in [-0.4, -0.2) is 35.0 Å². The number of aromatic nitrogens is 2. The molecule has 1 atom stereocenters. The molecule has 0 unspecified atom stereocenters. The first-order chi connectivity index (χ1) is 18.8. The van der Waals surface area contributed by atoms with E-state index >= 15 is 0 Å². The van der Waals surface area contributed by atoms with E-state index in [9.17, 15) is 9.59 Å². The van der Waals surface area contributed by atoms with Gasteiger partial charge in [0.25, 0.3) is 11.5 Å². The molecule has 0 aliphatic carbocycles. The van der Waals surface area contributed by atoms with Crippen LogP contribution in [0.2, 0.25) is 0 Å². The Morgan fingerprint density at radius 2 is 1.82 bits per heavy atom. The number of anilines is 1. The average molecular weight is 656 g/mol. The summed E-state index contributed by atoms with van der Waals surface area (Å²) < 4.78 is 14.4. The van der Waals surface area contributed by atoms with Gasteiger partial charge in [-0.2, -0.15) is 9.78 Å². The molecular formula is C29H28Br2N4O4. The smallest absolute Gasteiger partial charge is 0.282 e. The summed E-state index contributed by atoms with van der Waals surface area (Å²) in [6, 6.07) is 18.1. The molecule has 4 aromatic rings. The predicted octanol–water partition coefficient (Wildman–Crippen LogP) is 6.73. The zero-order valence-corrected chi connectivity index (χ0v) is 25.0. The summed E-state index contributed by atoms with van der Waals surface area (Å²) in [5, 5.41) is 7.81. The van der Waals surface area contributed by atoms with E-state index in [0.29, 0.717) is 50.6 Å². The molecule has 0 saturated carbocycles. The van der Waals surface area contributed by atoms with Crippen LogP contribution < -0.4 is 20.3 Å². The van der Waals surface area contributed by atoms with Gasteiger partial charge in [-0.25, -0.2) is 4.98 Å². The molecule has 8 nitrogen and oxygen atoms in total. The van der Waals surface area contributed by atoms with Gasteiger partial charge in [-0.3, -0.25) is 9.59 Å². The Hall–Kier alpha value is -3.50. The van der Waals surface area contributed by atoms with Gasteiger partial charge in [-0.1, -0.05) is 48.0 Å². The molecule has 0 spiro atoms. The minimum atomic E-state index is -0.294. The molecule has 0 aliphatic heterocycles. The Kier molecular flexibility index (Phi) is 9.53. The van der Waals surface area contributed by atoms with Gasteiger partial charge in [0.15, 0.2) is 18.1 Å². The summed E-state index contributed by atoms with van der Waals surface area (Å²) in [6.45, 7) is 6.12. The van der Waals surface area contributed by atoms with Gasteiger partial charge >= 0.3 is 0 Å². The molecule has 0 aliphatic rings. The van der Waals surface area contributed by atoms with Crippen molar-refractivity contribution >= 4 is 60.6 Å². The van der Waals surface area contributed by atoms with Crippen molar-refractivity contribution in [2.24, 2.45) is 5.10 Å². The molecule has 0 fully saturated rings. The standard InChI is InChI=1S/C29H28Br2N4O4/c1-4-18(3)28-34-24-12-11-20(30)14-22(24)29(37)35(28)32-16-19-13-25(38-5-2)26(15-23(19)31)39-17-27(36)33-21-9-7-6-8-10-21/h6-16,18H,4-5,17H2,1-3H3,(H,33,36)/t18-/m1/s1. The first-order valence-electron chi connectivity index (χ1n) is 12.5. The van der Waals surface area contributed by atoms with Crippen molar-refractivity contribution in [2.45, 2.75) is 33.1 Å². The highest BCUT2D eigenvalue weighted by molar-refractivity contribution is 9.10. The van der Waals surface area contributed by atoms with E-state index in [-0.39, 0.29) is 24.0 Å². The number of carbonyl (C=O) groups excluding carboxylic acids is 1. The third-order valence-corrected chi connectivity index (χ3v) is 7.16. The van der Waals surface area contributed by atoms with Gasteiger partial charge in [0, 0.05) is 26.1 Å². The molecule has 3 aromatic carbocycles. The van der Waals surface area contributed by atoms with Gasteiger partial charge in [-0.05, 0) is 71.7 Å². The van der Waals surface area contributed by atoms with E-state index in [2.05, 4.69) is 42.3 Å². The normalized spacial score (nSPS) is 12.0. The average Bonchev–Trinajstić information content (AvgIpc) is 2.93. The van der Waals surface area contributed by atoms with Crippen LogP contribution in [0.3, 0.4) is 0 Å². The molecule has 10 heteroatoms. The molecular weight excluding hydrogens is 628 g/mol. The first-order valence-corrected chi connectivity index (χ1v) is 14.1. The van der Waals surface area contributed by atoms with E-state index < -0.39 is 0 Å². The van der Waals surface area contributed by atoms with E-state index in [1.807, 2.05) is 51.1 Å². The predicted molar refractivity (Wildman–Crippen MR) is 161 cm³/mol. The van der Waals surface area contributed by atoms with Crippen LogP contribution in [0.5, 0.6) is 11.5 Å². The van der Waals surface area contributed by atoms with Gasteiger partial charge < -0.3 is 14.8 Å². The van der Waals surface area contributed by atoms with Gasteiger partial charge in [0.05, 0.1) is 23.7 Å². The number of para-hydroxylation sites is 1. The van der Waals surface area contributed by atoms with Gasteiger partial charge in [0.1, 0.15) is 5.82 Å². The van der Waals surface area contributed by atoms with Gasteiger partial charge in [0.2, 0.25) is 0 Å². The lowest BCUT2D eigenvalue weighted by Gasteiger charge is -2.15. The summed E-state index contributed by atoms with van der Waals surface area (Å²) in [7, 11) is 0. The SMILES string of the molecule is CCOc1cc(C=Nn2c([C@H](C)CC)nc3ccc(Br)cc3c2=O)c(Br)cc1OCC(=O)Nc1ccccc1. The third kappa shape index (κ3) is 6.93. The maximum atomic E-state index is 13.4. The van der Waals surface area contributed by atoms with Crippen LogP contribution in [0.25, 0.3) is 10.9 Å². The van der Waals surface area contributed by atoms with E-state index in [0.717, 1.165) is 10.9 Å². The van der Waals surface area contributed by atoms with E-state index in [1.54, 1.807) is 36.5 Å². The third-order valence-electron chi connectivity index (χ3n) is 5.98. The minimum Gasteiger partial charge on any atom is -0.490 e. The lowest BCUT2D eigenvalue weighted by atomic mass is 10.1. The Morgan fingerprint density at radius 1 is 1.08 bits per heavy atom. The summed E-state index contributed by atoms with van der Waals surface area (Å²) in [4.78, 5) is 30.5. The summed E-state index contributed by atoms with van der Waals surface area (Å²) >= 11 is 6.99. The van der Waals surface area contributed by atoms with Crippen molar-refractivity contribution in [3.05, 3.63) is 91.4 Å². The number of nitrogens with one attached hydrogen (secondary N) is 1. The maximum Gasteiger partial charge on any atom is 0.282 e. The monoisotopic (exact) mass is 654 g/mol. The lowest BCUT2D eigenvalue weighted by molar-refractivity contribution is -0.118. The highest BCUT2D eigenvalue weighted by Gasteiger charge is 2.17. The number of rotatable bonds is 10. The van der Waals surface area contributed by atoms with Crippen LogP contribution >= 0.6 is 31.9 Å². The summed E-state index contributed by atoms with van der Waals surface area (Å²) in [5.41, 5.74) is 1.73. The summed E-state index contributed by atoms with van der Waals surface area (Å²) in [5.74, 6) is 1.16. The zero-order chi connectivity index (χ0) is 27.9. The zero-order valence-electron chi connectivity index (χ0n) is 21.8. The number of ether oxygens (including phenoxy) is 2. The lowest BCUT2D eigenvalue weighted by Crippen LogP contribution is -2.23. The fraction of sp³-hybridized carbons (Fsp3) is 0.241. The van der Waals surface area contributed by atoms with E-state index in [4.69, 9.17) is 14.5 Å². The van der Waals surface area contributed by atoms with Crippen molar-refractivity contribution in [1.82, 2.24) is 9.66 Å². The highest BCUT2D eigenvalue weighted by Crippen LogP contribution is 2.33. The molecule has 39 heavy (non-hydrogen) atoms. The number of fused-ring (bicyclic) bond motifs is 1. The number of hydrogen-bond acceptors (Lipinski definition) is 6. The van der Waals surface area contributed by atoms with Crippen LogP contribution in [0.4, 0.5) is 5.69 Å². The number of benzene rings is 3. The highest BCUT2D eigenvalue weighted by atomic mass is 79.9. The second kappa shape index (κ2) is 13.0. The van der Waals surface area contributed by atoms with Crippen LogP contribution in [0.15, 0.2) is 79.5 Å².